The highest BCUT2D eigenvalue weighted by Gasteiger charge is 2.36. The molecule has 172 valence electrons. The van der Waals surface area contributed by atoms with Crippen molar-refractivity contribution in [2.75, 3.05) is 0 Å². The molecule has 4 rings (SSSR count). The SMILES string of the molecule is Cc1ccccc1-c1ccc(-c2cc(C(F)(F)F)c(C#N)c(=O)n2Cc2ccc(Cl)cc2Cl)s1. The van der Waals surface area contributed by atoms with Crippen molar-refractivity contribution in [3.63, 3.8) is 0 Å². The molecule has 0 radical (unpaired) electrons. The monoisotopic (exact) mass is 518 g/mol. The second kappa shape index (κ2) is 9.30. The van der Waals surface area contributed by atoms with Gasteiger partial charge >= 0.3 is 6.18 Å². The Bertz CT molecular complexity index is 1500. The lowest BCUT2D eigenvalue weighted by atomic mass is 10.1. The fourth-order valence-corrected chi connectivity index (χ4v) is 5.22. The van der Waals surface area contributed by atoms with Crippen molar-refractivity contribution in [2.45, 2.75) is 19.6 Å². The standard InChI is InChI=1S/C25H15Cl2F3N2OS/c1-14-4-2-3-5-17(14)22-8-9-23(34-22)21-11-19(25(28,29)30)18(12-31)24(33)32(21)13-15-6-7-16(26)10-20(15)27/h2-11H,13H2,1H3. The van der Waals surface area contributed by atoms with Crippen LogP contribution in [0.2, 0.25) is 10.0 Å². The summed E-state index contributed by atoms with van der Waals surface area (Å²) < 4.78 is 42.5. The number of aryl methyl sites for hydroxylation is 1. The van der Waals surface area contributed by atoms with Crippen LogP contribution < -0.4 is 5.56 Å². The number of nitriles is 1. The molecule has 0 aliphatic carbocycles. The zero-order valence-electron chi connectivity index (χ0n) is 17.6. The van der Waals surface area contributed by atoms with E-state index in [0.717, 1.165) is 26.6 Å². The molecule has 0 saturated heterocycles. The number of rotatable bonds is 4. The fourth-order valence-electron chi connectivity index (χ4n) is 3.63. The summed E-state index contributed by atoms with van der Waals surface area (Å²) in [6.45, 7) is 1.81. The highest BCUT2D eigenvalue weighted by molar-refractivity contribution is 7.18. The molecule has 2 heterocycles. The van der Waals surface area contributed by atoms with E-state index < -0.39 is 22.9 Å². The third-order valence-corrected chi connectivity index (χ3v) is 7.06. The summed E-state index contributed by atoms with van der Waals surface area (Å²) in [6, 6.07) is 18.1. The second-order valence-electron chi connectivity index (χ2n) is 7.53. The molecule has 4 aromatic rings. The molecule has 0 unspecified atom stereocenters. The molecule has 34 heavy (non-hydrogen) atoms. The number of halogens is 5. The molecule has 0 aliphatic rings. The van der Waals surface area contributed by atoms with E-state index in [4.69, 9.17) is 23.2 Å². The molecule has 9 heteroatoms. The maximum absolute atomic E-state index is 13.8. The summed E-state index contributed by atoms with van der Waals surface area (Å²) in [6.07, 6.45) is -4.87. The van der Waals surface area contributed by atoms with Gasteiger partial charge in [-0.3, -0.25) is 4.79 Å². The summed E-state index contributed by atoms with van der Waals surface area (Å²) in [5.74, 6) is 0. The van der Waals surface area contributed by atoms with Crippen LogP contribution in [0.4, 0.5) is 13.2 Å². The number of hydrogen-bond donors (Lipinski definition) is 0. The van der Waals surface area contributed by atoms with E-state index in [1.54, 1.807) is 24.3 Å². The quantitative estimate of drug-likeness (QED) is 0.276. The Morgan fingerprint density at radius 2 is 1.74 bits per heavy atom. The molecule has 0 bridgehead atoms. The van der Waals surface area contributed by atoms with Gasteiger partial charge in [-0.1, -0.05) is 53.5 Å². The van der Waals surface area contributed by atoms with Gasteiger partial charge in [0.05, 0.1) is 22.7 Å². The first-order chi connectivity index (χ1) is 16.1. The molecule has 0 amide bonds. The van der Waals surface area contributed by atoms with Crippen molar-refractivity contribution in [2.24, 2.45) is 0 Å². The normalized spacial score (nSPS) is 11.4. The van der Waals surface area contributed by atoms with E-state index in [1.807, 2.05) is 31.2 Å². The molecule has 0 atom stereocenters. The minimum Gasteiger partial charge on any atom is -0.302 e. The number of hydrogen-bond acceptors (Lipinski definition) is 3. The van der Waals surface area contributed by atoms with Gasteiger partial charge in [-0.2, -0.15) is 18.4 Å². The Morgan fingerprint density at radius 3 is 2.38 bits per heavy atom. The van der Waals surface area contributed by atoms with Crippen LogP contribution in [0.25, 0.3) is 21.0 Å². The van der Waals surface area contributed by atoms with Crippen LogP contribution in [0.5, 0.6) is 0 Å². The molecule has 0 aliphatic heterocycles. The molecular weight excluding hydrogens is 504 g/mol. The smallest absolute Gasteiger partial charge is 0.302 e. The lowest BCUT2D eigenvalue weighted by Gasteiger charge is -2.17. The predicted molar refractivity (Wildman–Crippen MR) is 129 cm³/mol. The predicted octanol–water partition coefficient (Wildman–Crippen LogP) is 7.80. The largest absolute Gasteiger partial charge is 0.417 e. The van der Waals surface area contributed by atoms with Crippen molar-refractivity contribution >= 4 is 34.5 Å². The van der Waals surface area contributed by atoms with Crippen molar-refractivity contribution in [1.29, 1.82) is 5.26 Å². The minimum absolute atomic E-state index is 0.0483. The van der Waals surface area contributed by atoms with Crippen LogP contribution in [0.15, 0.2) is 65.5 Å². The second-order valence-corrected chi connectivity index (χ2v) is 9.46. The number of benzene rings is 2. The summed E-state index contributed by atoms with van der Waals surface area (Å²) >= 11 is 13.5. The maximum atomic E-state index is 13.8. The van der Waals surface area contributed by atoms with Gasteiger partial charge in [0.2, 0.25) is 0 Å². The average Bonchev–Trinajstić information content (AvgIpc) is 3.25. The minimum atomic E-state index is -4.87. The highest BCUT2D eigenvalue weighted by Crippen LogP contribution is 2.39. The first-order valence-electron chi connectivity index (χ1n) is 9.95. The number of aromatic nitrogens is 1. The first kappa shape index (κ1) is 24.1. The molecule has 0 saturated carbocycles. The Kier molecular flexibility index (Phi) is 6.59. The van der Waals surface area contributed by atoms with Crippen LogP contribution in [0.3, 0.4) is 0 Å². The van der Waals surface area contributed by atoms with Crippen molar-refractivity contribution in [1.82, 2.24) is 4.57 Å². The molecule has 0 N–H and O–H groups in total. The van der Waals surface area contributed by atoms with Crippen molar-refractivity contribution in [3.05, 3.63) is 103 Å². The van der Waals surface area contributed by atoms with Gasteiger partial charge in [0.25, 0.3) is 5.56 Å². The van der Waals surface area contributed by atoms with Gasteiger partial charge in [-0.15, -0.1) is 11.3 Å². The van der Waals surface area contributed by atoms with E-state index in [2.05, 4.69) is 0 Å². The van der Waals surface area contributed by atoms with Crippen LogP contribution in [-0.4, -0.2) is 4.57 Å². The lowest BCUT2D eigenvalue weighted by Crippen LogP contribution is -2.28. The van der Waals surface area contributed by atoms with Gasteiger partial charge in [0, 0.05) is 14.9 Å². The topological polar surface area (TPSA) is 45.8 Å². The molecular formula is C25H15Cl2F3N2OS. The molecule has 0 spiro atoms. The van der Waals surface area contributed by atoms with Crippen molar-refractivity contribution < 1.29 is 13.2 Å². The Labute approximate surface area is 207 Å². The van der Waals surface area contributed by atoms with Crippen molar-refractivity contribution in [3.8, 4) is 27.1 Å². The summed E-state index contributed by atoms with van der Waals surface area (Å²) in [5.41, 5.74) is -0.781. The average molecular weight is 519 g/mol. The molecule has 2 aromatic carbocycles. The molecule has 0 fully saturated rings. The molecule has 2 aromatic heterocycles. The highest BCUT2D eigenvalue weighted by atomic mass is 35.5. The Hall–Kier alpha value is -3.05. The van der Waals surface area contributed by atoms with Gasteiger partial charge in [0.15, 0.2) is 0 Å². The Morgan fingerprint density at radius 1 is 1.03 bits per heavy atom. The van der Waals surface area contributed by atoms with E-state index in [1.165, 1.54) is 23.5 Å². The lowest BCUT2D eigenvalue weighted by molar-refractivity contribution is -0.137. The van der Waals surface area contributed by atoms with Crippen LogP contribution in [0, 0.1) is 18.3 Å². The van der Waals surface area contributed by atoms with E-state index in [0.29, 0.717) is 15.5 Å². The van der Waals surface area contributed by atoms with E-state index >= 15 is 0 Å². The van der Waals surface area contributed by atoms with E-state index in [-0.39, 0.29) is 17.3 Å². The van der Waals surface area contributed by atoms with E-state index in [9.17, 15) is 23.2 Å². The zero-order valence-corrected chi connectivity index (χ0v) is 19.9. The maximum Gasteiger partial charge on any atom is 0.417 e. The molecule has 3 nitrogen and oxygen atoms in total. The fraction of sp³-hybridized carbons (Fsp3) is 0.120. The number of pyridine rings is 1. The first-order valence-corrected chi connectivity index (χ1v) is 11.5. The van der Waals surface area contributed by atoms with Gasteiger partial charge < -0.3 is 4.57 Å². The number of nitrogens with zero attached hydrogens (tertiary/aromatic N) is 2. The number of thiophene rings is 1. The summed E-state index contributed by atoms with van der Waals surface area (Å²) in [4.78, 5) is 14.4. The van der Waals surface area contributed by atoms with Crippen LogP contribution >= 0.6 is 34.5 Å². The summed E-state index contributed by atoms with van der Waals surface area (Å²) in [7, 11) is 0. The third kappa shape index (κ3) is 4.62. The zero-order chi connectivity index (χ0) is 24.6. The number of alkyl halides is 3. The third-order valence-electron chi connectivity index (χ3n) is 5.33. The van der Waals surface area contributed by atoms with Gasteiger partial charge in [-0.05, 0) is 53.9 Å². The Balaban J connectivity index is 1.95. The van der Waals surface area contributed by atoms with Gasteiger partial charge in [0.1, 0.15) is 11.6 Å². The van der Waals surface area contributed by atoms with Crippen LogP contribution in [0.1, 0.15) is 22.3 Å². The van der Waals surface area contributed by atoms with Crippen LogP contribution in [-0.2, 0) is 12.7 Å². The summed E-state index contributed by atoms with van der Waals surface area (Å²) in [5, 5.41) is 10.0. The van der Waals surface area contributed by atoms with Gasteiger partial charge in [-0.25, -0.2) is 0 Å².